The highest BCUT2D eigenvalue weighted by atomic mass is 35.5. The molecule has 0 radical (unpaired) electrons. The molecule has 0 aromatic heterocycles. The van der Waals surface area contributed by atoms with Crippen molar-refractivity contribution in [2.24, 2.45) is 0 Å². The number of unbranched alkanes of at least 4 members (excludes halogenated alkanes) is 1. The maximum absolute atomic E-state index is 6.00. The first-order valence-corrected chi connectivity index (χ1v) is 7.84. The van der Waals surface area contributed by atoms with E-state index < -0.39 is 0 Å². The second-order valence-electron chi connectivity index (χ2n) is 4.47. The van der Waals surface area contributed by atoms with Crippen molar-refractivity contribution in [3.05, 3.63) is 59.1 Å². The van der Waals surface area contributed by atoms with Crippen LogP contribution in [0.15, 0.2) is 53.4 Å². The molecule has 0 spiro atoms. The van der Waals surface area contributed by atoms with Gasteiger partial charge in [-0.05, 0) is 48.8 Å². The summed E-state index contributed by atoms with van der Waals surface area (Å²) in [5.74, 6) is 1.12. The standard InChI is InChI=1S/C16H18ClNS/c17-15-12-14(9-10-16(15)18)19-11-5-4-8-13-6-2-1-3-7-13/h1-3,6-7,9-10,12H,4-5,8,11,18H2. The molecule has 2 aromatic carbocycles. The molecule has 0 unspecified atom stereocenters. The van der Waals surface area contributed by atoms with E-state index in [0.717, 1.165) is 12.2 Å². The summed E-state index contributed by atoms with van der Waals surface area (Å²) in [6, 6.07) is 16.5. The molecule has 0 saturated heterocycles. The van der Waals surface area contributed by atoms with Gasteiger partial charge in [0.15, 0.2) is 0 Å². The minimum Gasteiger partial charge on any atom is -0.398 e. The molecule has 3 heteroatoms. The Morgan fingerprint density at radius 3 is 2.53 bits per heavy atom. The maximum atomic E-state index is 6.00. The first-order valence-electron chi connectivity index (χ1n) is 6.47. The van der Waals surface area contributed by atoms with E-state index >= 15 is 0 Å². The largest absolute Gasteiger partial charge is 0.398 e. The summed E-state index contributed by atoms with van der Waals surface area (Å²) in [7, 11) is 0. The van der Waals surface area contributed by atoms with Crippen LogP contribution in [0.2, 0.25) is 5.02 Å². The summed E-state index contributed by atoms with van der Waals surface area (Å²) in [6.45, 7) is 0. The molecule has 0 aliphatic carbocycles. The van der Waals surface area contributed by atoms with Crippen molar-refractivity contribution in [1.29, 1.82) is 0 Å². The predicted molar refractivity (Wildman–Crippen MR) is 86.0 cm³/mol. The van der Waals surface area contributed by atoms with Gasteiger partial charge in [-0.1, -0.05) is 41.9 Å². The van der Waals surface area contributed by atoms with Gasteiger partial charge in [-0.3, -0.25) is 0 Å². The predicted octanol–water partition coefficient (Wildman–Crippen LogP) is 5.04. The van der Waals surface area contributed by atoms with Crippen LogP contribution in [-0.2, 0) is 6.42 Å². The molecule has 0 fully saturated rings. The minimum absolute atomic E-state index is 0.647. The topological polar surface area (TPSA) is 26.0 Å². The average Bonchev–Trinajstić information content (AvgIpc) is 2.43. The van der Waals surface area contributed by atoms with Gasteiger partial charge >= 0.3 is 0 Å². The van der Waals surface area contributed by atoms with E-state index in [1.54, 1.807) is 0 Å². The Balaban J connectivity index is 1.68. The fourth-order valence-electron chi connectivity index (χ4n) is 1.86. The van der Waals surface area contributed by atoms with Crippen LogP contribution < -0.4 is 5.73 Å². The van der Waals surface area contributed by atoms with E-state index in [1.165, 1.54) is 23.3 Å². The van der Waals surface area contributed by atoms with Crippen molar-refractivity contribution in [3.63, 3.8) is 0 Å². The smallest absolute Gasteiger partial charge is 0.0646 e. The molecule has 2 N–H and O–H groups in total. The molecule has 1 nitrogen and oxygen atoms in total. The van der Waals surface area contributed by atoms with Crippen LogP contribution in [0.5, 0.6) is 0 Å². The van der Waals surface area contributed by atoms with Gasteiger partial charge < -0.3 is 5.73 Å². The first kappa shape index (κ1) is 14.3. The molecule has 0 aliphatic rings. The normalized spacial score (nSPS) is 10.6. The van der Waals surface area contributed by atoms with Crippen LogP contribution >= 0.6 is 23.4 Å². The molecule has 2 rings (SSSR count). The fraction of sp³-hybridized carbons (Fsp3) is 0.250. The Bertz CT molecular complexity index is 513. The number of nitrogens with two attached hydrogens (primary N) is 1. The number of thioether (sulfide) groups is 1. The van der Waals surface area contributed by atoms with Crippen molar-refractivity contribution in [3.8, 4) is 0 Å². The third kappa shape index (κ3) is 4.81. The molecular weight excluding hydrogens is 274 g/mol. The van der Waals surface area contributed by atoms with Gasteiger partial charge in [-0.2, -0.15) is 0 Å². The van der Waals surface area contributed by atoms with E-state index in [0.29, 0.717) is 10.7 Å². The van der Waals surface area contributed by atoms with Crippen molar-refractivity contribution >= 4 is 29.1 Å². The van der Waals surface area contributed by atoms with Gasteiger partial charge in [-0.25, -0.2) is 0 Å². The summed E-state index contributed by atoms with van der Waals surface area (Å²) < 4.78 is 0. The second-order valence-corrected chi connectivity index (χ2v) is 6.05. The Labute approximate surface area is 124 Å². The number of rotatable bonds is 6. The molecule has 0 amide bonds. The van der Waals surface area contributed by atoms with E-state index in [1.807, 2.05) is 30.0 Å². The third-order valence-corrected chi connectivity index (χ3v) is 4.35. The van der Waals surface area contributed by atoms with Crippen LogP contribution in [0, 0.1) is 0 Å². The number of hydrogen-bond acceptors (Lipinski definition) is 2. The number of hydrogen-bond donors (Lipinski definition) is 1. The summed E-state index contributed by atoms with van der Waals surface area (Å²) >= 11 is 7.83. The van der Waals surface area contributed by atoms with Crippen molar-refractivity contribution in [2.45, 2.75) is 24.2 Å². The number of benzene rings is 2. The Morgan fingerprint density at radius 1 is 1.00 bits per heavy atom. The molecule has 2 aromatic rings. The van der Waals surface area contributed by atoms with E-state index in [-0.39, 0.29) is 0 Å². The third-order valence-electron chi connectivity index (χ3n) is 2.94. The van der Waals surface area contributed by atoms with Crippen molar-refractivity contribution in [2.75, 3.05) is 11.5 Å². The lowest BCUT2D eigenvalue weighted by Crippen LogP contribution is -1.88. The second kappa shape index (κ2) is 7.46. The molecule has 0 saturated carbocycles. The van der Waals surface area contributed by atoms with Crippen molar-refractivity contribution in [1.82, 2.24) is 0 Å². The highest BCUT2D eigenvalue weighted by molar-refractivity contribution is 7.99. The zero-order chi connectivity index (χ0) is 13.5. The van der Waals surface area contributed by atoms with Crippen molar-refractivity contribution < 1.29 is 0 Å². The lowest BCUT2D eigenvalue weighted by Gasteiger charge is -2.04. The van der Waals surface area contributed by atoms with Crippen LogP contribution in [0.25, 0.3) is 0 Å². The monoisotopic (exact) mass is 291 g/mol. The fourth-order valence-corrected chi connectivity index (χ4v) is 3.06. The molecule has 0 heterocycles. The number of anilines is 1. The highest BCUT2D eigenvalue weighted by Crippen LogP contribution is 2.27. The molecule has 19 heavy (non-hydrogen) atoms. The summed E-state index contributed by atoms with van der Waals surface area (Å²) in [4.78, 5) is 1.19. The van der Waals surface area contributed by atoms with E-state index in [2.05, 4.69) is 30.3 Å². The van der Waals surface area contributed by atoms with Crippen LogP contribution in [-0.4, -0.2) is 5.75 Å². The van der Waals surface area contributed by atoms with Gasteiger partial charge in [0, 0.05) is 4.90 Å². The van der Waals surface area contributed by atoms with E-state index in [9.17, 15) is 0 Å². The van der Waals surface area contributed by atoms with Gasteiger partial charge in [0.05, 0.1) is 10.7 Å². The number of nitrogen functional groups attached to an aromatic ring is 1. The summed E-state index contributed by atoms with van der Waals surface area (Å²) in [5.41, 5.74) is 7.76. The van der Waals surface area contributed by atoms with Gasteiger partial charge in [0.1, 0.15) is 0 Å². The molecule has 0 bridgehead atoms. The van der Waals surface area contributed by atoms with Gasteiger partial charge in [-0.15, -0.1) is 11.8 Å². The SMILES string of the molecule is Nc1ccc(SCCCCc2ccccc2)cc1Cl. The summed E-state index contributed by atoms with van der Waals surface area (Å²) in [5, 5.41) is 0.647. The molecular formula is C16H18ClNS. The average molecular weight is 292 g/mol. The first-order chi connectivity index (χ1) is 9.25. The van der Waals surface area contributed by atoms with Crippen LogP contribution in [0.3, 0.4) is 0 Å². The Kier molecular flexibility index (Phi) is 5.62. The zero-order valence-corrected chi connectivity index (χ0v) is 12.4. The number of halogens is 1. The lowest BCUT2D eigenvalue weighted by molar-refractivity contribution is 0.802. The minimum atomic E-state index is 0.647. The highest BCUT2D eigenvalue weighted by Gasteiger charge is 1.99. The Morgan fingerprint density at radius 2 is 1.79 bits per heavy atom. The maximum Gasteiger partial charge on any atom is 0.0646 e. The van der Waals surface area contributed by atoms with Crippen LogP contribution in [0.1, 0.15) is 18.4 Å². The van der Waals surface area contributed by atoms with Crippen LogP contribution in [0.4, 0.5) is 5.69 Å². The molecule has 0 atom stereocenters. The van der Waals surface area contributed by atoms with Gasteiger partial charge in [0.25, 0.3) is 0 Å². The van der Waals surface area contributed by atoms with E-state index in [4.69, 9.17) is 17.3 Å². The molecule has 100 valence electrons. The summed E-state index contributed by atoms with van der Waals surface area (Å²) in [6.07, 6.45) is 3.59. The molecule has 0 aliphatic heterocycles. The lowest BCUT2D eigenvalue weighted by atomic mass is 10.1. The van der Waals surface area contributed by atoms with Gasteiger partial charge in [0.2, 0.25) is 0 Å². The zero-order valence-electron chi connectivity index (χ0n) is 10.8. The Hall–Kier alpha value is -1.12. The number of aryl methyl sites for hydroxylation is 1. The quantitative estimate of drug-likeness (QED) is 0.458.